The number of aliphatic carboxylic acids is 1. The monoisotopic (exact) mass is 240 g/mol. The lowest BCUT2D eigenvalue weighted by Crippen LogP contribution is -2.12. The fraction of sp³-hybridized carbons (Fsp3) is 0.643. The van der Waals surface area contributed by atoms with Gasteiger partial charge in [0.2, 0.25) is 0 Å². The van der Waals surface area contributed by atoms with Crippen LogP contribution in [-0.2, 0) is 4.79 Å². The van der Waals surface area contributed by atoms with Crippen LogP contribution in [0.1, 0.15) is 51.9 Å². The van der Waals surface area contributed by atoms with E-state index in [2.05, 4.69) is 12.2 Å². The third-order valence-electron chi connectivity index (χ3n) is 2.51. The van der Waals surface area contributed by atoms with E-state index in [1.54, 1.807) is 0 Å². The number of carboxylic acids is 1. The molecule has 0 amide bonds. The molecular weight excluding hydrogens is 216 g/mol. The van der Waals surface area contributed by atoms with Crippen molar-refractivity contribution in [3.05, 3.63) is 24.3 Å². The zero-order valence-electron chi connectivity index (χ0n) is 10.6. The van der Waals surface area contributed by atoms with E-state index in [0.717, 1.165) is 32.1 Å². The maximum absolute atomic E-state index is 10.3. The van der Waals surface area contributed by atoms with E-state index in [9.17, 15) is 9.90 Å². The van der Waals surface area contributed by atoms with Gasteiger partial charge in [-0.2, -0.15) is 0 Å². The molecule has 1 unspecified atom stereocenters. The van der Waals surface area contributed by atoms with Gasteiger partial charge in [-0.25, -0.2) is 0 Å². The number of hydrogen-bond donors (Lipinski definition) is 2. The quantitative estimate of drug-likeness (QED) is 0.455. The minimum Gasteiger partial charge on any atom is -0.481 e. The second-order valence-electron chi connectivity index (χ2n) is 4.20. The van der Waals surface area contributed by atoms with Gasteiger partial charge in [0.15, 0.2) is 0 Å². The van der Waals surface area contributed by atoms with Gasteiger partial charge in [-0.1, -0.05) is 43.6 Å². The van der Waals surface area contributed by atoms with Crippen LogP contribution in [0.15, 0.2) is 24.3 Å². The van der Waals surface area contributed by atoms with Crippen molar-refractivity contribution in [1.29, 1.82) is 0 Å². The van der Waals surface area contributed by atoms with Gasteiger partial charge in [0, 0.05) is 0 Å². The van der Waals surface area contributed by atoms with Crippen LogP contribution in [0.5, 0.6) is 0 Å². The minimum atomic E-state index is -0.924. The molecule has 0 aromatic rings. The summed E-state index contributed by atoms with van der Waals surface area (Å²) in [6, 6.07) is 0. The Hall–Kier alpha value is -1.09. The molecule has 98 valence electrons. The molecule has 0 aromatic heterocycles. The van der Waals surface area contributed by atoms with Crippen molar-refractivity contribution in [2.45, 2.75) is 58.0 Å². The molecular formula is C14H24O3. The average molecular weight is 240 g/mol. The van der Waals surface area contributed by atoms with Gasteiger partial charge in [-0.15, -0.1) is 0 Å². The number of unbranched alkanes of at least 4 members (excludes halogenated alkanes) is 4. The zero-order chi connectivity index (χ0) is 12.9. The first kappa shape index (κ1) is 15.9. The molecule has 2 N–H and O–H groups in total. The Kier molecular flexibility index (Phi) is 10.7. The summed E-state index contributed by atoms with van der Waals surface area (Å²) in [5, 5.41) is 17.8. The Balaban J connectivity index is 3.26. The summed E-state index contributed by atoms with van der Waals surface area (Å²) in [6.07, 6.45) is 13.4. The molecule has 0 fully saturated rings. The standard InChI is InChI=1S/C14H24O3/c1-2-3-4-5-6-7-8-9-10-11-13(15)12-14(16)17/h2-5,13,15H,6-12H2,1H3,(H,16,17)/b3-2+,5-4+. The number of hydrogen-bond acceptors (Lipinski definition) is 2. The van der Waals surface area contributed by atoms with Crippen LogP contribution in [0, 0.1) is 0 Å². The van der Waals surface area contributed by atoms with E-state index >= 15 is 0 Å². The number of carbonyl (C=O) groups is 1. The summed E-state index contributed by atoms with van der Waals surface area (Å²) in [5.41, 5.74) is 0. The predicted molar refractivity (Wildman–Crippen MR) is 69.9 cm³/mol. The molecule has 3 nitrogen and oxygen atoms in total. The molecule has 0 bridgehead atoms. The lowest BCUT2D eigenvalue weighted by atomic mass is 10.1. The minimum absolute atomic E-state index is 0.133. The molecule has 0 rings (SSSR count). The van der Waals surface area contributed by atoms with Crippen molar-refractivity contribution in [3.63, 3.8) is 0 Å². The highest BCUT2D eigenvalue weighted by Gasteiger charge is 2.08. The van der Waals surface area contributed by atoms with Gasteiger partial charge in [0.05, 0.1) is 12.5 Å². The lowest BCUT2D eigenvalue weighted by molar-refractivity contribution is -0.139. The van der Waals surface area contributed by atoms with Crippen LogP contribution in [0.4, 0.5) is 0 Å². The smallest absolute Gasteiger partial charge is 0.305 e. The zero-order valence-corrected chi connectivity index (χ0v) is 10.6. The lowest BCUT2D eigenvalue weighted by Gasteiger charge is -2.06. The molecule has 0 aromatic carbocycles. The van der Waals surface area contributed by atoms with Crippen molar-refractivity contribution in [2.75, 3.05) is 0 Å². The van der Waals surface area contributed by atoms with Crippen LogP contribution >= 0.6 is 0 Å². The number of rotatable bonds is 10. The van der Waals surface area contributed by atoms with Crippen molar-refractivity contribution in [2.24, 2.45) is 0 Å². The van der Waals surface area contributed by atoms with E-state index in [1.165, 1.54) is 0 Å². The Labute approximate surface area is 104 Å². The highest BCUT2D eigenvalue weighted by atomic mass is 16.4. The second-order valence-corrected chi connectivity index (χ2v) is 4.20. The summed E-state index contributed by atoms with van der Waals surface area (Å²) < 4.78 is 0. The van der Waals surface area contributed by atoms with E-state index in [4.69, 9.17) is 5.11 Å². The van der Waals surface area contributed by atoms with Crippen LogP contribution < -0.4 is 0 Å². The molecule has 1 atom stereocenters. The normalized spacial score (nSPS) is 13.5. The van der Waals surface area contributed by atoms with E-state index in [1.807, 2.05) is 19.1 Å². The molecule has 0 aliphatic heterocycles. The van der Waals surface area contributed by atoms with Gasteiger partial charge in [-0.3, -0.25) is 4.79 Å². The first-order valence-electron chi connectivity index (χ1n) is 6.34. The SMILES string of the molecule is C/C=C/C=C/CCCCCCC(O)CC(=O)O. The molecule has 0 saturated heterocycles. The Morgan fingerprint density at radius 1 is 1.18 bits per heavy atom. The molecule has 0 heterocycles. The van der Waals surface area contributed by atoms with Crippen molar-refractivity contribution in [1.82, 2.24) is 0 Å². The number of aliphatic hydroxyl groups excluding tert-OH is 1. The van der Waals surface area contributed by atoms with E-state index in [0.29, 0.717) is 6.42 Å². The number of aliphatic hydroxyl groups is 1. The largest absolute Gasteiger partial charge is 0.481 e. The molecule has 0 radical (unpaired) electrons. The summed E-state index contributed by atoms with van der Waals surface area (Å²) in [6.45, 7) is 1.99. The predicted octanol–water partition coefficient (Wildman–Crippen LogP) is 3.29. The summed E-state index contributed by atoms with van der Waals surface area (Å²) in [5.74, 6) is -0.924. The number of allylic oxidation sites excluding steroid dienone is 4. The van der Waals surface area contributed by atoms with Gasteiger partial charge in [0.25, 0.3) is 0 Å². The molecule has 0 aliphatic carbocycles. The number of carboxylic acid groups (broad SMARTS) is 1. The van der Waals surface area contributed by atoms with Crippen molar-refractivity contribution >= 4 is 5.97 Å². The fourth-order valence-electron chi connectivity index (χ4n) is 1.59. The van der Waals surface area contributed by atoms with E-state index < -0.39 is 12.1 Å². The third kappa shape index (κ3) is 12.8. The van der Waals surface area contributed by atoms with Gasteiger partial charge in [0.1, 0.15) is 0 Å². The highest BCUT2D eigenvalue weighted by molar-refractivity contribution is 5.67. The fourth-order valence-corrected chi connectivity index (χ4v) is 1.59. The van der Waals surface area contributed by atoms with Crippen LogP contribution in [0.25, 0.3) is 0 Å². The van der Waals surface area contributed by atoms with Crippen LogP contribution in [0.2, 0.25) is 0 Å². The van der Waals surface area contributed by atoms with Crippen LogP contribution in [0.3, 0.4) is 0 Å². The van der Waals surface area contributed by atoms with Crippen molar-refractivity contribution in [3.8, 4) is 0 Å². The first-order chi connectivity index (χ1) is 8.16. The molecule has 0 aliphatic rings. The Bertz CT molecular complexity index is 244. The summed E-state index contributed by atoms with van der Waals surface area (Å²) in [7, 11) is 0. The summed E-state index contributed by atoms with van der Waals surface area (Å²) in [4.78, 5) is 10.3. The molecule has 0 spiro atoms. The molecule has 0 saturated carbocycles. The third-order valence-corrected chi connectivity index (χ3v) is 2.51. The van der Waals surface area contributed by atoms with Crippen LogP contribution in [-0.4, -0.2) is 22.3 Å². The maximum Gasteiger partial charge on any atom is 0.305 e. The first-order valence-corrected chi connectivity index (χ1v) is 6.34. The van der Waals surface area contributed by atoms with E-state index in [-0.39, 0.29) is 6.42 Å². The molecule has 17 heavy (non-hydrogen) atoms. The van der Waals surface area contributed by atoms with Crippen molar-refractivity contribution < 1.29 is 15.0 Å². The Morgan fingerprint density at radius 2 is 1.88 bits per heavy atom. The van der Waals surface area contributed by atoms with Gasteiger partial charge < -0.3 is 10.2 Å². The molecule has 3 heteroatoms. The topological polar surface area (TPSA) is 57.5 Å². The van der Waals surface area contributed by atoms with Gasteiger partial charge in [-0.05, 0) is 26.2 Å². The van der Waals surface area contributed by atoms with Gasteiger partial charge >= 0.3 is 5.97 Å². The summed E-state index contributed by atoms with van der Waals surface area (Å²) >= 11 is 0. The Morgan fingerprint density at radius 3 is 2.53 bits per heavy atom. The second kappa shape index (κ2) is 11.4. The average Bonchev–Trinajstić information content (AvgIpc) is 2.26. The highest BCUT2D eigenvalue weighted by Crippen LogP contribution is 2.09. The maximum atomic E-state index is 10.3.